The molecule has 1 aliphatic carbocycles. The number of aromatic nitrogens is 1. The molecule has 2 aliphatic rings. The van der Waals surface area contributed by atoms with E-state index in [0.29, 0.717) is 24.0 Å². The van der Waals surface area contributed by atoms with Crippen LogP contribution in [0.25, 0.3) is 21.8 Å². The lowest BCUT2D eigenvalue weighted by Gasteiger charge is -2.36. The smallest absolute Gasteiger partial charge is 0.336 e. The molecule has 0 fully saturated rings. The minimum atomic E-state index is -0.494. The van der Waals surface area contributed by atoms with Gasteiger partial charge in [-0.05, 0) is 56.2 Å². The minimum absolute atomic E-state index is 0.0279. The van der Waals surface area contributed by atoms with Gasteiger partial charge in [0.1, 0.15) is 5.76 Å². The molecule has 6 heteroatoms. The third-order valence-electron chi connectivity index (χ3n) is 7.62. The molecule has 3 heterocycles. The summed E-state index contributed by atoms with van der Waals surface area (Å²) in [7, 11) is 1.39. The summed E-state index contributed by atoms with van der Waals surface area (Å²) in [5.74, 6) is -0.111. The van der Waals surface area contributed by atoms with E-state index in [2.05, 4.69) is 53.2 Å². The zero-order chi connectivity index (χ0) is 25.0. The van der Waals surface area contributed by atoms with Gasteiger partial charge in [0.05, 0.1) is 18.9 Å². The molecule has 0 amide bonds. The lowest BCUT2D eigenvalue weighted by Crippen LogP contribution is -2.35. The second-order valence-corrected chi connectivity index (χ2v) is 9.56. The molecule has 1 N–H and O–H groups in total. The number of fused-ring (bicyclic) bond motifs is 3. The number of hydrogen-bond acceptors (Lipinski definition) is 5. The number of rotatable bonds is 4. The minimum Gasteiger partial charge on any atom is -0.469 e. The van der Waals surface area contributed by atoms with Crippen molar-refractivity contribution in [2.75, 3.05) is 7.11 Å². The predicted molar refractivity (Wildman–Crippen MR) is 138 cm³/mol. The van der Waals surface area contributed by atoms with E-state index in [1.807, 2.05) is 25.1 Å². The highest BCUT2D eigenvalue weighted by Gasteiger charge is 2.41. The molecule has 2 aromatic carbocycles. The second kappa shape index (κ2) is 8.55. The number of hydrogen-bond donors (Lipinski definition) is 1. The number of esters is 1. The van der Waals surface area contributed by atoms with Crippen LogP contribution in [0, 0.1) is 0 Å². The molecule has 6 rings (SSSR count). The summed E-state index contributed by atoms with van der Waals surface area (Å²) in [6, 6.07) is 18.4. The fourth-order valence-electron chi connectivity index (χ4n) is 6.07. The van der Waals surface area contributed by atoms with Gasteiger partial charge in [-0.1, -0.05) is 24.3 Å². The SMILES string of the molecule is CCn1c2ccccc2c2cc([C@H]3C(C(=O)OC)=C(C)NC4=C3C(=O)C[C@H](c3ccco3)C4)ccc21. The van der Waals surface area contributed by atoms with Gasteiger partial charge >= 0.3 is 5.97 Å². The lowest BCUT2D eigenvalue weighted by atomic mass is 9.72. The third kappa shape index (κ3) is 3.32. The fraction of sp³-hybridized carbons (Fsp3) is 0.267. The summed E-state index contributed by atoms with van der Waals surface area (Å²) in [4.78, 5) is 26.7. The Morgan fingerprint density at radius 2 is 1.89 bits per heavy atom. The number of carbonyl (C=O) groups is 2. The quantitative estimate of drug-likeness (QED) is 0.366. The van der Waals surface area contributed by atoms with E-state index in [4.69, 9.17) is 9.15 Å². The Balaban J connectivity index is 1.55. The molecule has 2 atom stereocenters. The number of aryl methyl sites for hydroxylation is 1. The van der Waals surface area contributed by atoms with Crippen LogP contribution >= 0.6 is 0 Å². The number of methoxy groups -OCH3 is 1. The number of carbonyl (C=O) groups excluding carboxylic acids is 2. The molecular weight excluding hydrogens is 452 g/mol. The molecule has 0 saturated heterocycles. The van der Waals surface area contributed by atoms with Crippen molar-refractivity contribution < 1.29 is 18.7 Å². The van der Waals surface area contributed by atoms with Gasteiger partial charge in [-0.3, -0.25) is 4.79 Å². The van der Waals surface area contributed by atoms with Gasteiger partial charge in [-0.2, -0.15) is 0 Å². The zero-order valence-corrected chi connectivity index (χ0v) is 20.6. The summed E-state index contributed by atoms with van der Waals surface area (Å²) in [6.45, 7) is 4.87. The van der Waals surface area contributed by atoms with Gasteiger partial charge in [-0.25, -0.2) is 4.79 Å². The van der Waals surface area contributed by atoms with Crippen LogP contribution in [0.4, 0.5) is 0 Å². The number of allylic oxidation sites excluding steroid dienone is 3. The van der Waals surface area contributed by atoms with Crippen molar-refractivity contribution in [3.63, 3.8) is 0 Å². The van der Waals surface area contributed by atoms with Crippen LogP contribution in [0.5, 0.6) is 0 Å². The predicted octanol–water partition coefficient (Wildman–Crippen LogP) is 5.94. The monoisotopic (exact) mass is 480 g/mol. The first kappa shape index (κ1) is 22.4. The van der Waals surface area contributed by atoms with Crippen LogP contribution in [-0.4, -0.2) is 23.4 Å². The number of benzene rings is 2. The molecule has 182 valence electrons. The molecule has 4 aromatic rings. The first-order valence-electron chi connectivity index (χ1n) is 12.4. The summed E-state index contributed by atoms with van der Waals surface area (Å²) in [6.07, 6.45) is 2.63. The molecule has 0 unspecified atom stereocenters. The van der Waals surface area contributed by atoms with Crippen LogP contribution in [-0.2, 0) is 20.9 Å². The van der Waals surface area contributed by atoms with Crippen molar-refractivity contribution in [1.29, 1.82) is 0 Å². The van der Waals surface area contributed by atoms with Gasteiger partial charge in [0, 0.05) is 63.6 Å². The van der Waals surface area contributed by atoms with E-state index >= 15 is 0 Å². The normalized spacial score (nSPS) is 20.1. The highest BCUT2D eigenvalue weighted by molar-refractivity contribution is 6.09. The van der Waals surface area contributed by atoms with Crippen molar-refractivity contribution in [2.24, 2.45) is 0 Å². The first-order chi connectivity index (χ1) is 17.5. The fourth-order valence-corrected chi connectivity index (χ4v) is 6.07. The van der Waals surface area contributed by atoms with Gasteiger partial charge in [0.25, 0.3) is 0 Å². The number of nitrogens with zero attached hydrogens (tertiary/aromatic N) is 1. The average Bonchev–Trinajstić information content (AvgIpc) is 3.53. The Morgan fingerprint density at radius 1 is 1.08 bits per heavy atom. The number of furan rings is 1. The first-order valence-corrected chi connectivity index (χ1v) is 12.4. The van der Waals surface area contributed by atoms with Crippen LogP contribution in [0.2, 0.25) is 0 Å². The van der Waals surface area contributed by atoms with E-state index in [1.165, 1.54) is 12.6 Å². The number of dihydropyridines is 1. The Kier molecular flexibility index (Phi) is 5.32. The van der Waals surface area contributed by atoms with Crippen LogP contribution < -0.4 is 5.32 Å². The maximum absolute atomic E-state index is 13.7. The Morgan fingerprint density at radius 3 is 2.64 bits per heavy atom. The van der Waals surface area contributed by atoms with E-state index in [0.717, 1.165) is 45.6 Å². The molecular formula is C30H28N2O4. The van der Waals surface area contributed by atoms with E-state index in [-0.39, 0.29) is 11.7 Å². The Bertz CT molecular complexity index is 1590. The van der Waals surface area contributed by atoms with Crippen LogP contribution in [0.15, 0.2) is 87.8 Å². The van der Waals surface area contributed by atoms with E-state index in [9.17, 15) is 9.59 Å². The molecule has 36 heavy (non-hydrogen) atoms. The van der Waals surface area contributed by atoms with E-state index < -0.39 is 11.9 Å². The second-order valence-electron chi connectivity index (χ2n) is 9.56. The molecule has 6 nitrogen and oxygen atoms in total. The molecule has 0 saturated carbocycles. The topological polar surface area (TPSA) is 73.5 Å². The van der Waals surface area contributed by atoms with Crippen LogP contribution in [0.1, 0.15) is 49.8 Å². The van der Waals surface area contributed by atoms with Gasteiger partial charge in [0.15, 0.2) is 5.78 Å². The Hall–Kier alpha value is -4.06. The molecule has 0 radical (unpaired) electrons. The highest BCUT2D eigenvalue weighted by Crippen LogP contribution is 2.46. The van der Waals surface area contributed by atoms with Crippen molar-refractivity contribution in [2.45, 2.75) is 45.1 Å². The van der Waals surface area contributed by atoms with Gasteiger partial charge in [0.2, 0.25) is 0 Å². The van der Waals surface area contributed by atoms with Crippen molar-refractivity contribution in [3.05, 3.63) is 94.7 Å². The number of para-hydroxylation sites is 1. The number of ketones is 1. The number of Topliss-reactive ketones (excluding diaryl/α,β-unsaturated/α-hetero) is 1. The maximum Gasteiger partial charge on any atom is 0.336 e. The zero-order valence-electron chi connectivity index (χ0n) is 20.6. The summed E-state index contributed by atoms with van der Waals surface area (Å²) in [5, 5.41) is 5.65. The van der Waals surface area contributed by atoms with Gasteiger partial charge < -0.3 is 19.0 Å². The van der Waals surface area contributed by atoms with Crippen LogP contribution in [0.3, 0.4) is 0 Å². The van der Waals surface area contributed by atoms with Crippen molar-refractivity contribution in [1.82, 2.24) is 9.88 Å². The standard InChI is InChI=1S/C30H28N2O4/c1-4-32-23-9-6-5-8-20(23)21-14-18(11-12-24(21)32)28-27(30(34)35-3)17(2)31-22-15-19(16-25(33)29(22)28)26-10-7-13-36-26/h5-14,19,28,31H,4,15-16H2,1-3H3/t19-,28+/m1/s1. The van der Waals surface area contributed by atoms with Crippen molar-refractivity contribution in [3.8, 4) is 0 Å². The maximum atomic E-state index is 13.7. The third-order valence-corrected chi connectivity index (χ3v) is 7.62. The molecule has 2 aromatic heterocycles. The summed E-state index contributed by atoms with van der Waals surface area (Å²) < 4.78 is 13.1. The largest absolute Gasteiger partial charge is 0.469 e. The number of ether oxygens (including phenoxy) is 1. The average molecular weight is 481 g/mol. The molecule has 0 bridgehead atoms. The highest BCUT2D eigenvalue weighted by atomic mass is 16.5. The lowest BCUT2D eigenvalue weighted by molar-refractivity contribution is -0.136. The van der Waals surface area contributed by atoms with Crippen molar-refractivity contribution >= 4 is 33.6 Å². The van der Waals surface area contributed by atoms with Gasteiger partial charge in [-0.15, -0.1) is 0 Å². The summed E-state index contributed by atoms with van der Waals surface area (Å²) >= 11 is 0. The Labute approximate surface area is 209 Å². The van der Waals surface area contributed by atoms with E-state index in [1.54, 1.807) is 6.26 Å². The number of nitrogens with one attached hydrogen (secondary N) is 1. The molecule has 0 spiro atoms. The molecule has 1 aliphatic heterocycles. The summed E-state index contributed by atoms with van der Waals surface area (Å²) in [5.41, 5.74) is 5.95.